The Labute approximate surface area is 252 Å². The number of nitrogens with zero attached hydrogens (tertiary/aromatic N) is 4. The lowest BCUT2D eigenvalue weighted by Gasteiger charge is -2.06. The van der Waals surface area contributed by atoms with Gasteiger partial charge in [0.15, 0.2) is 22.1 Å². The normalized spacial score (nSPS) is 10.9. The molecule has 2 aromatic heterocycles. The van der Waals surface area contributed by atoms with E-state index in [9.17, 15) is 0 Å². The standard InChI is InChI=1S/2C17H17N2.H2O4S/c2*1-3-14-8-10-15(11-9-14)12-19-13-18(2)16-6-4-5-7-17(16)19;1-5(2,3)4/h2*3-11,13H,1,12H2,2H3;(H2,1,2,3,4)/q2*+1;/p-2. The molecule has 0 spiro atoms. The molecule has 9 heteroatoms. The number of aromatic nitrogens is 4. The third-order valence-corrected chi connectivity index (χ3v) is 6.90. The van der Waals surface area contributed by atoms with Crippen LogP contribution < -0.4 is 9.13 Å². The summed E-state index contributed by atoms with van der Waals surface area (Å²) in [4.78, 5) is 0. The van der Waals surface area contributed by atoms with Crippen LogP contribution in [0.25, 0.3) is 34.2 Å². The molecule has 0 aliphatic rings. The molecule has 0 unspecified atom stereocenters. The number of fused-ring (bicyclic) bond motifs is 2. The van der Waals surface area contributed by atoms with E-state index in [4.69, 9.17) is 17.5 Å². The lowest BCUT2D eigenvalue weighted by atomic mass is 10.1. The van der Waals surface area contributed by atoms with E-state index in [1.807, 2.05) is 12.2 Å². The maximum atomic E-state index is 8.52. The molecular formula is C34H34N4O4S. The quantitative estimate of drug-likeness (QED) is 0.154. The summed E-state index contributed by atoms with van der Waals surface area (Å²) in [5.74, 6) is 0. The van der Waals surface area contributed by atoms with E-state index < -0.39 is 10.4 Å². The van der Waals surface area contributed by atoms with Crippen molar-refractivity contribution in [1.82, 2.24) is 9.13 Å². The van der Waals surface area contributed by atoms with Crippen LogP contribution >= 0.6 is 0 Å². The summed E-state index contributed by atoms with van der Waals surface area (Å²) in [6.07, 6.45) is 8.03. The zero-order valence-corrected chi connectivity index (χ0v) is 25.0. The molecule has 6 aromatic rings. The fourth-order valence-electron chi connectivity index (χ4n) is 4.84. The Morgan fingerprint density at radius 2 is 0.953 bits per heavy atom. The van der Waals surface area contributed by atoms with Gasteiger partial charge in [-0.1, -0.05) is 98.1 Å². The summed E-state index contributed by atoms with van der Waals surface area (Å²) in [6.45, 7) is 9.34. The molecule has 2 heterocycles. The Hall–Kier alpha value is -4.83. The summed E-state index contributed by atoms with van der Waals surface area (Å²) in [7, 11) is -1.00. The largest absolute Gasteiger partial charge is 0.759 e. The fourth-order valence-corrected chi connectivity index (χ4v) is 4.84. The van der Waals surface area contributed by atoms with Crippen molar-refractivity contribution < 1.29 is 26.7 Å². The average Bonchev–Trinajstić information content (AvgIpc) is 3.49. The van der Waals surface area contributed by atoms with Gasteiger partial charge in [0, 0.05) is 10.4 Å². The van der Waals surface area contributed by atoms with Gasteiger partial charge in [-0.25, -0.2) is 18.3 Å². The lowest BCUT2D eigenvalue weighted by Crippen LogP contribution is -2.25. The van der Waals surface area contributed by atoms with E-state index in [0.29, 0.717) is 0 Å². The molecule has 0 aliphatic heterocycles. The van der Waals surface area contributed by atoms with Crippen molar-refractivity contribution >= 4 is 44.6 Å². The molecule has 0 aliphatic carbocycles. The molecule has 0 fully saturated rings. The number of benzene rings is 4. The zero-order chi connectivity index (χ0) is 31.0. The van der Waals surface area contributed by atoms with Gasteiger partial charge in [0.25, 0.3) is 0 Å². The number of para-hydroxylation sites is 4. The van der Waals surface area contributed by atoms with Crippen LogP contribution in [0.1, 0.15) is 22.3 Å². The maximum Gasteiger partial charge on any atom is 0.244 e. The Kier molecular flexibility index (Phi) is 10.0. The van der Waals surface area contributed by atoms with E-state index in [0.717, 1.165) is 24.2 Å². The van der Waals surface area contributed by atoms with Crippen LogP contribution in [0.15, 0.2) is 123 Å². The third-order valence-electron chi connectivity index (χ3n) is 6.90. The summed E-state index contributed by atoms with van der Waals surface area (Å²) in [5.41, 5.74) is 9.95. The summed E-state index contributed by atoms with van der Waals surface area (Å²) < 4.78 is 43.0. The van der Waals surface area contributed by atoms with Crippen LogP contribution in [-0.2, 0) is 37.6 Å². The Morgan fingerprint density at radius 1 is 0.628 bits per heavy atom. The molecule has 0 saturated heterocycles. The van der Waals surface area contributed by atoms with Gasteiger partial charge in [-0.2, -0.15) is 0 Å². The molecule has 0 amide bonds. The van der Waals surface area contributed by atoms with E-state index in [1.54, 1.807) is 0 Å². The average molecular weight is 595 g/mol. The van der Waals surface area contributed by atoms with Crippen LogP contribution in [-0.4, -0.2) is 26.7 Å². The highest BCUT2D eigenvalue weighted by Crippen LogP contribution is 2.15. The second-order valence-electron chi connectivity index (χ2n) is 9.99. The SMILES string of the molecule is C=Cc1ccc(Cn2c[n+](C)c3ccccc32)cc1.C=Cc1ccc(Cn2c[n+](C)c3ccccc32)cc1.O=S(=O)([O-])[O-]. The van der Waals surface area contributed by atoms with E-state index in [2.05, 4.69) is 155 Å². The third kappa shape index (κ3) is 8.59. The predicted molar refractivity (Wildman–Crippen MR) is 168 cm³/mol. The van der Waals surface area contributed by atoms with Crippen molar-refractivity contribution in [3.05, 3.63) is 145 Å². The smallest absolute Gasteiger partial charge is 0.244 e. The Morgan fingerprint density at radius 3 is 1.28 bits per heavy atom. The number of rotatable bonds is 6. The van der Waals surface area contributed by atoms with E-state index in [-0.39, 0.29) is 0 Å². The van der Waals surface area contributed by atoms with Gasteiger partial charge in [0.05, 0.1) is 14.1 Å². The Bertz CT molecular complexity index is 1820. The molecule has 0 radical (unpaired) electrons. The van der Waals surface area contributed by atoms with Gasteiger partial charge in [0.2, 0.25) is 12.7 Å². The minimum absolute atomic E-state index is 0.888. The van der Waals surface area contributed by atoms with Gasteiger partial charge in [-0.3, -0.25) is 8.42 Å². The summed E-state index contributed by atoms with van der Waals surface area (Å²) >= 11 is 0. The highest BCUT2D eigenvalue weighted by molar-refractivity contribution is 7.79. The maximum absolute atomic E-state index is 8.52. The van der Waals surface area contributed by atoms with Crippen LogP contribution in [0.3, 0.4) is 0 Å². The molecule has 6 rings (SSSR count). The first-order valence-electron chi connectivity index (χ1n) is 13.5. The fraction of sp³-hybridized carbons (Fsp3) is 0.118. The topological polar surface area (TPSA) is 97.9 Å². The minimum Gasteiger partial charge on any atom is -0.759 e. The molecule has 8 nitrogen and oxygen atoms in total. The highest BCUT2D eigenvalue weighted by atomic mass is 32.3. The van der Waals surface area contributed by atoms with E-state index >= 15 is 0 Å². The molecule has 43 heavy (non-hydrogen) atoms. The van der Waals surface area contributed by atoms with Crippen molar-refractivity contribution in [2.75, 3.05) is 0 Å². The second-order valence-corrected chi connectivity index (χ2v) is 10.8. The second kappa shape index (κ2) is 13.9. The number of imidazole rings is 2. The first-order valence-corrected chi connectivity index (χ1v) is 14.9. The Balaban J connectivity index is 0.000000171. The van der Waals surface area contributed by atoms with Gasteiger partial charge >= 0.3 is 0 Å². The molecule has 0 atom stereocenters. The van der Waals surface area contributed by atoms with Crippen molar-refractivity contribution in [3.63, 3.8) is 0 Å². The molecule has 4 aromatic carbocycles. The first-order chi connectivity index (χ1) is 20.6. The van der Waals surface area contributed by atoms with Gasteiger partial charge in [0.1, 0.15) is 13.1 Å². The molecule has 0 bridgehead atoms. The molecule has 0 saturated carbocycles. The van der Waals surface area contributed by atoms with Crippen molar-refractivity contribution in [3.8, 4) is 0 Å². The molecule has 0 N–H and O–H groups in total. The van der Waals surface area contributed by atoms with Crippen LogP contribution in [0.4, 0.5) is 0 Å². The van der Waals surface area contributed by atoms with Gasteiger partial charge < -0.3 is 9.11 Å². The van der Waals surface area contributed by atoms with Gasteiger partial charge in [-0.15, -0.1) is 0 Å². The zero-order valence-electron chi connectivity index (χ0n) is 24.2. The van der Waals surface area contributed by atoms with Crippen LogP contribution in [0.5, 0.6) is 0 Å². The minimum atomic E-state index is -5.17. The van der Waals surface area contributed by atoms with Crippen LogP contribution in [0, 0.1) is 0 Å². The van der Waals surface area contributed by atoms with Gasteiger partial charge in [-0.05, 0) is 46.5 Å². The number of hydrogen-bond acceptors (Lipinski definition) is 4. The number of aryl methyl sites for hydroxylation is 2. The molecule has 220 valence electrons. The van der Waals surface area contributed by atoms with Crippen molar-refractivity contribution in [2.45, 2.75) is 13.1 Å². The van der Waals surface area contributed by atoms with Crippen molar-refractivity contribution in [1.29, 1.82) is 0 Å². The lowest BCUT2D eigenvalue weighted by molar-refractivity contribution is -0.645. The van der Waals surface area contributed by atoms with Crippen LogP contribution in [0.2, 0.25) is 0 Å². The highest BCUT2D eigenvalue weighted by Gasteiger charge is 2.13. The van der Waals surface area contributed by atoms with E-state index in [1.165, 1.54) is 33.2 Å². The number of hydrogen-bond donors (Lipinski definition) is 0. The summed E-state index contributed by atoms with van der Waals surface area (Å²) in [6, 6.07) is 34.0. The summed E-state index contributed by atoms with van der Waals surface area (Å²) in [5, 5.41) is 0. The van der Waals surface area contributed by atoms with Crippen molar-refractivity contribution in [2.24, 2.45) is 14.1 Å². The molecular weight excluding hydrogens is 560 g/mol. The predicted octanol–water partition coefficient (Wildman–Crippen LogP) is 4.98. The monoisotopic (exact) mass is 594 g/mol. The first kappa shape index (κ1) is 31.1.